The van der Waals surface area contributed by atoms with Crippen LogP contribution in [-0.4, -0.2) is 29.6 Å². The molecule has 1 aliphatic heterocycles. The number of thiazole rings is 1. The van der Waals surface area contributed by atoms with Gasteiger partial charge in [0.2, 0.25) is 0 Å². The normalized spacial score (nSPS) is 18.0. The van der Waals surface area contributed by atoms with Crippen molar-refractivity contribution in [1.29, 1.82) is 0 Å². The van der Waals surface area contributed by atoms with Crippen LogP contribution in [0.3, 0.4) is 0 Å². The SMILES string of the molecule is Cc1nc(Cc2ccc(F)cc2)sc1C(=O)NC(C)CCC1CCCO1. The monoisotopic (exact) mass is 376 g/mol. The zero-order valence-electron chi connectivity index (χ0n) is 15.3. The van der Waals surface area contributed by atoms with E-state index in [1.54, 1.807) is 12.1 Å². The maximum absolute atomic E-state index is 13.0. The standard InChI is InChI=1S/C20H25FN2O2S/c1-13(5-10-17-4-3-11-25-17)22-20(24)19-14(2)23-18(26-19)12-15-6-8-16(21)9-7-15/h6-9,13,17H,3-5,10-12H2,1-2H3,(H,22,24). The minimum absolute atomic E-state index is 0.0646. The van der Waals surface area contributed by atoms with Crippen molar-refractivity contribution in [2.75, 3.05) is 6.61 Å². The highest BCUT2D eigenvalue weighted by Gasteiger charge is 2.20. The number of hydrogen-bond donors (Lipinski definition) is 1. The zero-order chi connectivity index (χ0) is 18.5. The summed E-state index contributed by atoms with van der Waals surface area (Å²) in [6, 6.07) is 6.49. The van der Waals surface area contributed by atoms with Gasteiger partial charge in [-0.25, -0.2) is 9.37 Å². The Balaban J connectivity index is 1.55. The lowest BCUT2D eigenvalue weighted by Gasteiger charge is -2.15. The molecular weight excluding hydrogens is 351 g/mol. The van der Waals surface area contributed by atoms with Crippen LogP contribution in [0.15, 0.2) is 24.3 Å². The minimum atomic E-state index is -0.249. The zero-order valence-corrected chi connectivity index (χ0v) is 16.1. The lowest BCUT2D eigenvalue weighted by Crippen LogP contribution is -2.33. The van der Waals surface area contributed by atoms with E-state index in [1.807, 2.05) is 13.8 Å². The summed E-state index contributed by atoms with van der Waals surface area (Å²) < 4.78 is 18.6. The molecule has 0 bridgehead atoms. The van der Waals surface area contributed by atoms with Gasteiger partial charge in [-0.1, -0.05) is 12.1 Å². The number of nitrogens with zero attached hydrogens (tertiary/aromatic N) is 1. The molecule has 0 aliphatic carbocycles. The molecule has 2 atom stereocenters. The van der Waals surface area contributed by atoms with Crippen molar-refractivity contribution in [3.05, 3.63) is 51.2 Å². The second-order valence-corrected chi connectivity index (χ2v) is 8.00. The Kier molecular flexibility index (Phi) is 6.38. The van der Waals surface area contributed by atoms with E-state index in [-0.39, 0.29) is 17.8 Å². The summed E-state index contributed by atoms with van der Waals surface area (Å²) in [4.78, 5) is 17.7. The highest BCUT2D eigenvalue weighted by molar-refractivity contribution is 7.13. The minimum Gasteiger partial charge on any atom is -0.378 e. The van der Waals surface area contributed by atoms with Crippen molar-refractivity contribution >= 4 is 17.2 Å². The number of aromatic nitrogens is 1. The summed E-state index contributed by atoms with van der Waals surface area (Å²) in [5.41, 5.74) is 1.73. The maximum Gasteiger partial charge on any atom is 0.263 e. The molecule has 1 amide bonds. The quantitative estimate of drug-likeness (QED) is 0.786. The second-order valence-electron chi connectivity index (χ2n) is 6.91. The van der Waals surface area contributed by atoms with Crippen molar-refractivity contribution < 1.29 is 13.9 Å². The molecule has 0 spiro atoms. The number of benzene rings is 1. The van der Waals surface area contributed by atoms with Gasteiger partial charge >= 0.3 is 0 Å². The molecule has 140 valence electrons. The molecule has 2 heterocycles. The molecule has 1 aromatic heterocycles. The molecule has 0 radical (unpaired) electrons. The van der Waals surface area contributed by atoms with E-state index in [2.05, 4.69) is 10.3 Å². The first-order valence-electron chi connectivity index (χ1n) is 9.14. The van der Waals surface area contributed by atoms with Gasteiger partial charge in [-0.2, -0.15) is 0 Å². The number of hydrogen-bond acceptors (Lipinski definition) is 4. The molecule has 1 fully saturated rings. The molecule has 2 aromatic rings. The highest BCUT2D eigenvalue weighted by atomic mass is 32.1. The fourth-order valence-corrected chi connectivity index (χ4v) is 4.19. The van der Waals surface area contributed by atoms with Gasteiger partial charge in [-0.15, -0.1) is 11.3 Å². The average Bonchev–Trinajstić information content (AvgIpc) is 3.25. The van der Waals surface area contributed by atoms with Gasteiger partial charge in [-0.3, -0.25) is 4.79 Å². The predicted molar refractivity (Wildman–Crippen MR) is 101 cm³/mol. The van der Waals surface area contributed by atoms with Gasteiger partial charge in [0.1, 0.15) is 10.7 Å². The van der Waals surface area contributed by atoms with Gasteiger partial charge in [-0.05, 0) is 57.2 Å². The second kappa shape index (κ2) is 8.73. The topological polar surface area (TPSA) is 51.2 Å². The van der Waals surface area contributed by atoms with Crippen molar-refractivity contribution in [1.82, 2.24) is 10.3 Å². The summed E-state index contributed by atoms with van der Waals surface area (Å²) in [5.74, 6) is -0.314. The Bertz CT molecular complexity index is 739. The van der Waals surface area contributed by atoms with E-state index >= 15 is 0 Å². The van der Waals surface area contributed by atoms with Crippen LogP contribution in [-0.2, 0) is 11.2 Å². The molecule has 26 heavy (non-hydrogen) atoms. The van der Waals surface area contributed by atoms with E-state index in [0.717, 1.165) is 48.6 Å². The van der Waals surface area contributed by atoms with Gasteiger partial charge in [0.15, 0.2) is 0 Å². The third kappa shape index (κ3) is 5.11. The fraction of sp³-hybridized carbons (Fsp3) is 0.500. The molecule has 2 unspecified atom stereocenters. The smallest absolute Gasteiger partial charge is 0.263 e. The first-order valence-corrected chi connectivity index (χ1v) is 9.96. The van der Waals surface area contributed by atoms with Crippen LogP contribution in [0.1, 0.15) is 58.5 Å². The Morgan fingerprint density at radius 3 is 2.88 bits per heavy atom. The molecule has 6 heteroatoms. The van der Waals surface area contributed by atoms with Crippen LogP contribution in [0.25, 0.3) is 0 Å². The van der Waals surface area contributed by atoms with Crippen LogP contribution in [0.4, 0.5) is 4.39 Å². The number of carbonyl (C=O) groups excluding carboxylic acids is 1. The van der Waals surface area contributed by atoms with Crippen molar-refractivity contribution in [3.63, 3.8) is 0 Å². The summed E-state index contributed by atoms with van der Waals surface area (Å²) in [6.45, 7) is 4.75. The Labute approximate surface area is 157 Å². The Morgan fingerprint density at radius 2 is 2.19 bits per heavy atom. The first-order chi connectivity index (χ1) is 12.5. The number of halogens is 1. The van der Waals surface area contributed by atoms with Crippen molar-refractivity contribution in [2.45, 2.75) is 58.1 Å². The Hall–Kier alpha value is -1.79. The van der Waals surface area contributed by atoms with Crippen LogP contribution in [0, 0.1) is 12.7 Å². The van der Waals surface area contributed by atoms with E-state index < -0.39 is 0 Å². The van der Waals surface area contributed by atoms with E-state index in [9.17, 15) is 9.18 Å². The van der Waals surface area contributed by atoms with Crippen LogP contribution >= 0.6 is 11.3 Å². The third-order valence-corrected chi connectivity index (χ3v) is 5.80. The molecular formula is C20H25FN2O2S. The van der Waals surface area contributed by atoms with Gasteiger partial charge in [0.05, 0.1) is 16.8 Å². The number of aryl methyl sites for hydroxylation is 1. The largest absolute Gasteiger partial charge is 0.378 e. The highest BCUT2D eigenvalue weighted by Crippen LogP contribution is 2.22. The van der Waals surface area contributed by atoms with E-state index in [0.29, 0.717) is 17.4 Å². The molecule has 1 aliphatic rings. The summed E-state index contributed by atoms with van der Waals surface area (Å²) in [7, 11) is 0. The predicted octanol–water partition coefficient (Wildman–Crippen LogP) is 4.26. The molecule has 1 aromatic carbocycles. The third-order valence-electron chi connectivity index (χ3n) is 4.64. The maximum atomic E-state index is 13.0. The lowest BCUT2D eigenvalue weighted by molar-refractivity contribution is 0.0902. The summed E-state index contributed by atoms with van der Waals surface area (Å²) in [5, 5.41) is 3.94. The van der Waals surface area contributed by atoms with E-state index in [1.165, 1.54) is 23.5 Å². The number of amides is 1. The van der Waals surface area contributed by atoms with Crippen molar-refractivity contribution in [3.8, 4) is 0 Å². The van der Waals surface area contributed by atoms with Crippen LogP contribution in [0.2, 0.25) is 0 Å². The molecule has 3 rings (SSSR count). The average molecular weight is 376 g/mol. The molecule has 4 nitrogen and oxygen atoms in total. The summed E-state index contributed by atoms with van der Waals surface area (Å²) in [6.07, 6.45) is 5.12. The van der Waals surface area contributed by atoms with E-state index in [4.69, 9.17) is 4.74 Å². The van der Waals surface area contributed by atoms with Gasteiger partial charge in [0, 0.05) is 19.1 Å². The lowest BCUT2D eigenvalue weighted by atomic mass is 10.1. The van der Waals surface area contributed by atoms with Crippen LogP contribution in [0.5, 0.6) is 0 Å². The molecule has 1 saturated heterocycles. The van der Waals surface area contributed by atoms with Crippen molar-refractivity contribution in [2.24, 2.45) is 0 Å². The summed E-state index contributed by atoms with van der Waals surface area (Å²) >= 11 is 1.41. The van der Waals surface area contributed by atoms with Gasteiger partial charge < -0.3 is 10.1 Å². The number of ether oxygens (including phenoxy) is 1. The molecule has 0 saturated carbocycles. The Morgan fingerprint density at radius 1 is 1.42 bits per heavy atom. The number of carbonyl (C=O) groups is 1. The number of nitrogens with one attached hydrogen (secondary N) is 1. The van der Waals surface area contributed by atoms with Crippen LogP contribution < -0.4 is 5.32 Å². The van der Waals surface area contributed by atoms with Gasteiger partial charge in [0.25, 0.3) is 5.91 Å². The fourth-order valence-electron chi connectivity index (χ4n) is 3.18. The number of rotatable bonds is 7. The first kappa shape index (κ1) is 19.0. The molecule has 1 N–H and O–H groups in total.